The molecule has 3 aromatic rings. The summed E-state index contributed by atoms with van der Waals surface area (Å²) in [5, 5.41) is 5.12. The van der Waals surface area contributed by atoms with Crippen LogP contribution in [0.1, 0.15) is 38.9 Å². The van der Waals surface area contributed by atoms with Gasteiger partial charge in [0.05, 0.1) is 17.3 Å². The quantitative estimate of drug-likeness (QED) is 0.414. The monoisotopic (exact) mass is 335 g/mol. The molecule has 0 fully saturated rings. The first-order chi connectivity index (χ1) is 11.8. The van der Waals surface area contributed by atoms with Gasteiger partial charge in [-0.3, -0.25) is 4.79 Å². The van der Waals surface area contributed by atoms with Gasteiger partial charge in [0.25, 0.3) is 5.91 Å². The van der Waals surface area contributed by atoms with Crippen molar-refractivity contribution in [3.05, 3.63) is 70.1 Å². The minimum Gasteiger partial charge on any atom is -0.361 e. The van der Waals surface area contributed by atoms with Crippen molar-refractivity contribution in [2.45, 2.75) is 18.8 Å². The van der Waals surface area contributed by atoms with Crippen molar-refractivity contribution in [3.8, 4) is 0 Å². The molecular weight excluding hydrogens is 318 g/mol. The molecule has 1 aliphatic rings. The van der Waals surface area contributed by atoms with E-state index in [1.54, 1.807) is 23.6 Å². The summed E-state index contributed by atoms with van der Waals surface area (Å²) < 4.78 is 0. The van der Waals surface area contributed by atoms with E-state index in [4.69, 9.17) is 0 Å². The van der Waals surface area contributed by atoms with Gasteiger partial charge in [0.1, 0.15) is 0 Å². The molecule has 1 atom stereocenters. The van der Waals surface area contributed by atoms with Gasteiger partial charge in [-0.25, -0.2) is 5.43 Å². The largest absolute Gasteiger partial charge is 0.361 e. The third-order valence-corrected chi connectivity index (χ3v) is 5.37. The zero-order valence-corrected chi connectivity index (χ0v) is 13.8. The van der Waals surface area contributed by atoms with E-state index in [9.17, 15) is 4.79 Å². The number of hydrogen-bond acceptors (Lipinski definition) is 3. The molecule has 4 rings (SSSR count). The Morgan fingerprint density at radius 1 is 1.29 bits per heavy atom. The molecule has 0 saturated heterocycles. The maximum absolute atomic E-state index is 12.3. The molecule has 0 bridgehead atoms. The van der Waals surface area contributed by atoms with Gasteiger partial charge in [0.15, 0.2) is 0 Å². The molecule has 2 heterocycles. The molecule has 2 aromatic heterocycles. The summed E-state index contributed by atoms with van der Waals surface area (Å²) in [4.78, 5) is 17.8. The smallest absolute Gasteiger partial charge is 0.273 e. The van der Waals surface area contributed by atoms with E-state index in [-0.39, 0.29) is 5.91 Å². The van der Waals surface area contributed by atoms with Crippen molar-refractivity contribution in [1.29, 1.82) is 0 Å². The van der Waals surface area contributed by atoms with E-state index in [0.29, 0.717) is 11.5 Å². The van der Waals surface area contributed by atoms with Crippen molar-refractivity contribution < 1.29 is 4.79 Å². The lowest BCUT2D eigenvalue weighted by Gasteiger charge is -2.02. The average Bonchev–Trinajstić information content (AvgIpc) is 3.34. The molecule has 0 unspecified atom stereocenters. The van der Waals surface area contributed by atoms with Crippen molar-refractivity contribution in [2.24, 2.45) is 5.10 Å². The third-order valence-electron chi connectivity index (χ3n) is 4.22. The Morgan fingerprint density at radius 3 is 3.12 bits per heavy atom. The first kappa shape index (κ1) is 14.9. The molecular formula is C19H17N3OS. The Bertz CT molecular complexity index is 935. The number of H-pyrrole nitrogens is 1. The summed E-state index contributed by atoms with van der Waals surface area (Å²) in [5.41, 5.74) is 4.04. The summed E-state index contributed by atoms with van der Waals surface area (Å²) in [6, 6.07) is 11.8. The number of rotatable bonds is 4. The average molecular weight is 335 g/mol. The minimum atomic E-state index is -0.213. The molecule has 0 radical (unpaired) electrons. The number of hydrogen-bond donors (Lipinski definition) is 2. The first-order valence-electron chi connectivity index (χ1n) is 7.97. The molecule has 24 heavy (non-hydrogen) atoms. The van der Waals surface area contributed by atoms with Crippen molar-refractivity contribution in [1.82, 2.24) is 10.4 Å². The van der Waals surface area contributed by atoms with Crippen molar-refractivity contribution >= 4 is 34.4 Å². The number of carbonyl (C=O) groups is 1. The van der Waals surface area contributed by atoms with Gasteiger partial charge in [-0.05, 0) is 37.1 Å². The molecule has 1 aliphatic carbocycles. The van der Waals surface area contributed by atoms with Crippen LogP contribution in [0.4, 0.5) is 0 Å². The minimum absolute atomic E-state index is 0.213. The third kappa shape index (κ3) is 2.90. The van der Waals surface area contributed by atoms with Crippen molar-refractivity contribution in [2.75, 3.05) is 0 Å². The normalized spacial score (nSPS) is 17.1. The number of carbonyl (C=O) groups excluding carboxylic acids is 1. The summed E-state index contributed by atoms with van der Waals surface area (Å²) in [6.07, 6.45) is 10.4. The maximum atomic E-state index is 12.3. The number of hydrazone groups is 1. The van der Waals surface area contributed by atoms with Gasteiger partial charge in [-0.1, -0.05) is 24.3 Å². The fourth-order valence-electron chi connectivity index (χ4n) is 3.00. The van der Waals surface area contributed by atoms with Crippen LogP contribution in [0.15, 0.2) is 59.8 Å². The number of allylic oxidation sites excluding steroid dienone is 2. The number of benzene rings is 1. The number of para-hydroxylation sites is 1. The van der Waals surface area contributed by atoms with E-state index < -0.39 is 0 Å². The van der Waals surface area contributed by atoms with E-state index in [0.717, 1.165) is 22.2 Å². The summed E-state index contributed by atoms with van der Waals surface area (Å²) in [5.74, 6) is 0.326. The van der Waals surface area contributed by atoms with Crippen LogP contribution in [0.5, 0.6) is 0 Å². The zero-order valence-electron chi connectivity index (χ0n) is 13.0. The molecule has 0 spiro atoms. The summed E-state index contributed by atoms with van der Waals surface area (Å²) in [7, 11) is 0. The molecule has 0 aliphatic heterocycles. The van der Waals surface area contributed by atoms with Crippen LogP contribution in [0.2, 0.25) is 0 Å². The number of aromatic amines is 1. The predicted octanol–water partition coefficient (Wildman–Crippen LogP) is 4.43. The Hall–Kier alpha value is -2.66. The highest BCUT2D eigenvalue weighted by molar-refractivity contribution is 7.13. The first-order valence-corrected chi connectivity index (χ1v) is 8.79. The Balaban J connectivity index is 1.44. The SMILES string of the molecule is O=C(NN=Cc1ccc([C@H]2C=CCC2)s1)c1cccc2cc[nH]c12. The van der Waals surface area contributed by atoms with Crippen LogP contribution in [-0.4, -0.2) is 17.1 Å². The van der Waals surface area contributed by atoms with E-state index >= 15 is 0 Å². The second-order valence-corrected chi connectivity index (χ2v) is 6.95. The Kier molecular flexibility index (Phi) is 4.01. The van der Waals surface area contributed by atoms with Crippen LogP contribution in [0.25, 0.3) is 10.9 Å². The topological polar surface area (TPSA) is 57.2 Å². The van der Waals surface area contributed by atoms with Gasteiger partial charge >= 0.3 is 0 Å². The molecule has 1 aromatic carbocycles. The second-order valence-electron chi connectivity index (χ2n) is 5.80. The van der Waals surface area contributed by atoms with Crippen LogP contribution in [0.3, 0.4) is 0 Å². The predicted molar refractivity (Wildman–Crippen MR) is 98.8 cm³/mol. The Morgan fingerprint density at radius 2 is 2.25 bits per heavy atom. The molecule has 120 valence electrons. The van der Waals surface area contributed by atoms with Crippen molar-refractivity contribution in [3.63, 3.8) is 0 Å². The van der Waals surface area contributed by atoms with Crippen LogP contribution in [0, 0.1) is 0 Å². The van der Waals surface area contributed by atoms with Gasteiger partial charge in [-0.15, -0.1) is 11.3 Å². The van der Waals surface area contributed by atoms with Gasteiger partial charge in [-0.2, -0.15) is 5.10 Å². The van der Waals surface area contributed by atoms with Gasteiger partial charge in [0.2, 0.25) is 0 Å². The van der Waals surface area contributed by atoms with E-state index in [2.05, 4.69) is 33.7 Å². The van der Waals surface area contributed by atoms with Gasteiger partial charge < -0.3 is 4.98 Å². The highest BCUT2D eigenvalue weighted by Crippen LogP contribution is 2.32. The second kappa shape index (κ2) is 6.45. The lowest BCUT2D eigenvalue weighted by atomic mass is 10.1. The molecule has 2 N–H and O–H groups in total. The standard InChI is InChI=1S/C19H17N3OS/c23-19(16-7-3-6-14-10-11-20-18(14)16)22-21-12-15-8-9-17(24-15)13-4-1-2-5-13/h1,3-4,6-13,20H,2,5H2,(H,22,23)/t13-/m0/s1. The molecule has 5 heteroatoms. The van der Waals surface area contributed by atoms with Crippen LogP contribution >= 0.6 is 11.3 Å². The lowest BCUT2D eigenvalue weighted by molar-refractivity contribution is 0.0956. The number of thiophene rings is 1. The fraction of sp³-hybridized carbons (Fsp3) is 0.158. The van der Waals surface area contributed by atoms with Crippen LogP contribution in [-0.2, 0) is 0 Å². The van der Waals surface area contributed by atoms with E-state index in [1.807, 2.05) is 30.5 Å². The number of amides is 1. The summed E-state index contributed by atoms with van der Waals surface area (Å²) >= 11 is 1.72. The number of nitrogens with zero attached hydrogens (tertiary/aromatic N) is 1. The fourth-order valence-corrected chi connectivity index (χ4v) is 3.99. The zero-order chi connectivity index (χ0) is 16.4. The number of nitrogens with one attached hydrogen (secondary N) is 2. The summed E-state index contributed by atoms with van der Waals surface area (Å²) in [6.45, 7) is 0. The number of fused-ring (bicyclic) bond motifs is 1. The van der Waals surface area contributed by atoms with Gasteiger partial charge in [0, 0.05) is 27.3 Å². The molecule has 0 saturated carbocycles. The van der Waals surface area contributed by atoms with Crippen LogP contribution < -0.4 is 5.43 Å². The highest BCUT2D eigenvalue weighted by atomic mass is 32.1. The molecule has 4 nitrogen and oxygen atoms in total. The maximum Gasteiger partial charge on any atom is 0.273 e. The highest BCUT2D eigenvalue weighted by Gasteiger charge is 2.13. The Labute approximate surface area is 143 Å². The van der Waals surface area contributed by atoms with E-state index in [1.165, 1.54) is 11.3 Å². The number of aromatic nitrogens is 1. The lowest BCUT2D eigenvalue weighted by Crippen LogP contribution is -2.17. The molecule has 1 amide bonds.